The fourth-order valence-electron chi connectivity index (χ4n) is 1.75. The molecule has 1 rings (SSSR count). The fourth-order valence-corrected chi connectivity index (χ4v) is 1.75. The summed E-state index contributed by atoms with van der Waals surface area (Å²) in [6.07, 6.45) is 0.589. The molecular weight excluding hydrogens is 218 g/mol. The van der Waals surface area contributed by atoms with Crippen molar-refractivity contribution in [1.82, 2.24) is 0 Å². The van der Waals surface area contributed by atoms with Gasteiger partial charge in [0.1, 0.15) is 6.07 Å². The van der Waals surface area contributed by atoms with Crippen LogP contribution < -0.4 is 0 Å². The van der Waals surface area contributed by atoms with Crippen molar-refractivity contribution in [2.45, 2.75) is 26.9 Å². The summed E-state index contributed by atoms with van der Waals surface area (Å²) < 4.78 is 4.89. The summed E-state index contributed by atoms with van der Waals surface area (Å²) >= 11 is 0. The van der Waals surface area contributed by atoms with Crippen molar-refractivity contribution < 1.29 is 14.6 Å². The standard InChI is InChI=1S/C13H15NO3/c1-3-10-9(8-15)5-6-11(12(10)7-14)13(16)17-4-2/h5-6,15H,3-4,8H2,1-2H3. The number of carbonyl (C=O) groups is 1. The van der Waals surface area contributed by atoms with E-state index in [1.54, 1.807) is 13.0 Å². The van der Waals surface area contributed by atoms with E-state index in [1.807, 2.05) is 13.0 Å². The number of ether oxygens (including phenoxy) is 1. The van der Waals surface area contributed by atoms with Crippen molar-refractivity contribution >= 4 is 5.97 Å². The molecule has 0 amide bonds. The molecular formula is C13H15NO3. The molecule has 0 bridgehead atoms. The van der Waals surface area contributed by atoms with Crippen LogP contribution in [0.3, 0.4) is 0 Å². The largest absolute Gasteiger partial charge is 0.462 e. The van der Waals surface area contributed by atoms with Gasteiger partial charge in [-0.05, 0) is 30.5 Å². The molecule has 0 spiro atoms. The van der Waals surface area contributed by atoms with E-state index in [0.29, 0.717) is 23.1 Å². The maximum atomic E-state index is 11.7. The van der Waals surface area contributed by atoms with Crippen LogP contribution in [-0.2, 0) is 17.8 Å². The van der Waals surface area contributed by atoms with E-state index in [2.05, 4.69) is 0 Å². The molecule has 0 aliphatic rings. The van der Waals surface area contributed by atoms with Crippen LogP contribution in [0.1, 0.15) is 40.9 Å². The highest BCUT2D eigenvalue weighted by Gasteiger charge is 2.17. The number of nitrogens with zero attached hydrogens (tertiary/aromatic N) is 1. The minimum atomic E-state index is -0.497. The molecule has 17 heavy (non-hydrogen) atoms. The van der Waals surface area contributed by atoms with Gasteiger partial charge in [0, 0.05) is 0 Å². The molecule has 1 aromatic carbocycles. The van der Waals surface area contributed by atoms with Gasteiger partial charge in [0.15, 0.2) is 0 Å². The smallest absolute Gasteiger partial charge is 0.339 e. The number of hydrogen-bond acceptors (Lipinski definition) is 4. The van der Waals surface area contributed by atoms with Crippen LogP contribution in [0, 0.1) is 11.3 Å². The first-order valence-corrected chi connectivity index (χ1v) is 5.52. The Morgan fingerprint density at radius 3 is 2.65 bits per heavy atom. The van der Waals surface area contributed by atoms with Crippen LogP contribution in [0.25, 0.3) is 0 Å². The van der Waals surface area contributed by atoms with E-state index in [4.69, 9.17) is 10.00 Å². The highest BCUT2D eigenvalue weighted by molar-refractivity contribution is 5.92. The normalized spacial score (nSPS) is 9.76. The predicted molar refractivity (Wildman–Crippen MR) is 62.4 cm³/mol. The van der Waals surface area contributed by atoms with Crippen LogP contribution in [0.15, 0.2) is 12.1 Å². The molecule has 0 saturated carbocycles. The number of rotatable bonds is 4. The van der Waals surface area contributed by atoms with Crippen molar-refractivity contribution in [3.8, 4) is 6.07 Å². The third-order valence-corrected chi connectivity index (χ3v) is 2.54. The van der Waals surface area contributed by atoms with Crippen molar-refractivity contribution in [3.05, 3.63) is 34.4 Å². The molecule has 90 valence electrons. The van der Waals surface area contributed by atoms with Gasteiger partial charge in [0.05, 0.1) is 24.3 Å². The number of aliphatic hydroxyl groups excluding tert-OH is 1. The highest BCUT2D eigenvalue weighted by atomic mass is 16.5. The van der Waals surface area contributed by atoms with Crippen molar-refractivity contribution in [2.75, 3.05) is 6.61 Å². The summed E-state index contributed by atoms with van der Waals surface area (Å²) in [7, 11) is 0. The monoisotopic (exact) mass is 233 g/mol. The lowest BCUT2D eigenvalue weighted by atomic mass is 9.95. The van der Waals surface area contributed by atoms with Gasteiger partial charge >= 0.3 is 5.97 Å². The maximum Gasteiger partial charge on any atom is 0.339 e. The number of hydrogen-bond donors (Lipinski definition) is 1. The third kappa shape index (κ3) is 2.63. The lowest BCUT2D eigenvalue weighted by Gasteiger charge is -2.11. The summed E-state index contributed by atoms with van der Waals surface area (Å²) in [6.45, 7) is 3.73. The summed E-state index contributed by atoms with van der Waals surface area (Å²) in [4.78, 5) is 11.7. The molecule has 1 N–H and O–H groups in total. The Bertz CT molecular complexity index is 460. The Labute approximate surface area is 100 Å². The SMILES string of the molecule is CCOC(=O)c1ccc(CO)c(CC)c1C#N. The third-order valence-electron chi connectivity index (χ3n) is 2.54. The molecule has 0 fully saturated rings. The Morgan fingerprint density at radius 1 is 1.47 bits per heavy atom. The number of nitriles is 1. The zero-order valence-corrected chi connectivity index (χ0v) is 9.99. The molecule has 4 nitrogen and oxygen atoms in total. The molecule has 0 aromatic heterocycles. The van der Waals surface area contributed by atoms with Crippen molar-refractivity contribution in [3.63, 3.8) is 0 Å². The summed E-state index contributed by atoms with van der Waals surface area (Å²) in [5, 5.41) is 18.3. The van der Waals surface area contributed by atoms with Gasteiger partial charge < -0.3 is 9.84 Å². The minimum Gasteiger partial charge on any atom is -0.462 e. The van der Waals surface area contributed by atoms with Crippen molar-refractivity contribution in [1.29, 1.82) is 5.26 Å². The van der Waals surface area contributed by atoms with Gasteiger partial charge in [0.25, 0.3) is 0 Å². The first-order chi connectivity index (χ1) is 8.19. The molecule has 1 aromatic rings. The first kappa shape index (κ1) is 13.2. The number of aliphatic hydroxyl groups is 1. The summed E-state index contributed by atoms with van der Waals surface area (Å²) in [5.41, 5.74) is 1.96. The van der Waals surface area contributed by atoms with Crippen LogP contribution in [0.5, 0.6) is 0 Å². The first-order valence-electron chi connectivity index (χ1n) is 5.52. The van der Waals surface area contributed by atoms with Gasteiger partial charge in [-0.15, -0.1) is 0 Å². The van der Waals surface area contributed by atoms with Gasteiger partial charge in [-0.1, -0.05) is 13.0 Å². The predicted octanol–water partition coefficient (Wildman–Crippen LogP) is 1.79. The summed E-state index contributed by atoms with van der Waals surface area (Å²) in [5.74, 6) is -0.497. The Hall–Kier alpha value is -1.86. The molecule has 4 heteroatoms. The van der Waals surface area contributed by atoms with Gasteiger partial charge in [0.2, 0.25) is 0 Å². The van der Waals surface area contributed by atoms with Gasteiger partial charge in [-0.25, -0.2) is 4.79 Å². The minimum absolute atomic E-state index is 0.138. The fraction of sp³-hybridized carbons (Fsp3) is 0.385. The van der Waals surface area contributed by atoms with Gasteiger partial charge in [-0.2, -0.15) is 5.26 Å². The lowest BCUT2D eigenvalue weighted by Crippen LogP contribution is -2.10. The van der Waals surface area contributed by atoms with E-state index in [-0.39, 0.29) is 18.8 Å². The van der Waals surface area contributed by atoms with E-state index in [0.717, 1.165) is 0 Å². The zero-order chi connectivity index (χ0) is 12.8. The molecule has 0 aliphatic carbocycles. The topological polar surface area (TPSA) is 70.3 Å². The van der Waals surface area contributed by atoms with E-state index in [1.165, 1.54) is 6.07 Å². The molecule has 0 heterocycles. The van der Waals surface area contributed by atoms with E-state index >= 15 is 0 Å². The van der Waals surface area contributed by atoms with E-state index in [9.17, 15) is 9.90 Å². The second-order valence-corrected chi connectivity index (χ2v) is 3.47. The molecule has 0 radical (unpaired) electrons. The van der Waals surface area contributed by atoms with Crippen LogP contribution in [0.4, 0.5) is 0 Å². The van der Waals surface area contributed by atoms with Gasteiger partial charge in [-0.3, -0.25) is 0 Å². The Kier molecular flexibility index (Phi) is 4.68. The quantitative estimate of drug-likeness (QED) is 0.805. The Morgan fingerprint density at radius 2 is 2.18 bits per heavy atom. The molecule has 0 atom stereocenters. The van der Waals surface area contributed by atoms with Crippen LogP contribution >= 0.6 is 0 Å². The number of benzene rings is 1. The molecule has 0 saturated heterocycles. The summed E-state index contributed by atoms with van der Waals surface area (Å²) in [6, 6.07) is 5.20. The molecule has 0 unspecified atom stereocenters. The maximum absolute atomic E-state index is 11.7. The Balaban J connectivity index is 3.34. The number of carbonyl (C=O) groups excluding carboxylic acids is 1. The molecule has 0 aliphatic heterocycles. The number of esters is 1. The average molecular weight is 233 g/mol. The van der Waals surface area contributed by atoms with Crippen molar-refractivity contribution in [2.24, 2.45) is 0 Å². The highest BCUT2D eigenvalue weighted by Crippen LogP contribution is 2.20. The average Bonchev–Trinajstić information content (AvgIpc) is 2.36. The second kappa shape index (κ2) is 6.02. The second-order valence-electron chi connectivity index (χ2n) is 3.47. The lowest BCUT2D eigenvalue weighted by molar-refractivity contribution is 0.0526. The van der Waals surface area contributed by atoms with Crippen LogP contribution in [0.2, 0.25) is 0 Å². The van der Waals surface area contributed by atoms with Crippen LogP contribution in [-0.4, -0.2) is 17.7 Å². The van der Waals surface area contributed by atoms with E-state index < -0.39 is 5.97 Å². The zero-order valence-electron chi connectivity index (χ0n) is 9.99.